The van der Waals surface area contributed by atoms with Crippen LogP contribution in [0.5, 0.6) is 0 Å². The van der Waals surface area contributed by atoms with Crippen molar-refractivity contribution < 1.29 is 5.11 Å². The Kier molecular flexibility index (Phi) is 3.44. The third-order valence-electron chi connectivity index (χ3n) is 3.34. The molecule has 0 bridgehead atoms. The van der Waals surface area contributed by atoms with Crippen LogP contribution in [-0.2, 0) is 0 Å². The van der Waals surface area contributed by atoms with Crippen molar-refractivity contribution in [3.05, 3.63) is 69.0 Å². The van der Waals surface area contributed by atoms with Crippen LogP contribution < -0.4 is 0 Å². The maximum Gasteiger partial charge on any atom is 0.106 e. The summed E-state index contributed by atoms with van der Waals surface area (Å²) in [4.78, 5) is 0. The van der Waals surface area contributed by atoms with Gasteiger partial charge in [0.2, 0.25) is 0 Å². The lowest BCUT2D eigenvalue weighted by Gasteiger charge is -2.14. The molecule has 0 saturated heterocycles. The smallest absolute Gasteiger partial charge is 0.106 e. The Hall–Kier alpha value is -1.16. The van der Waals surface area contributed by atoms with E-state index in [2.05, 4.69) is 33.4 Å². The molecule has 1 nitrogen and oxygen atoms in total. The van der Waals surface area contributed by atoms with Gasteiger partial charge in [-0.15, -0.1) is 11.3 Å². The normalized spacial score (nSPS) is 12.8. The van der Waals surface area contributed by atoms with Crippen molar-refractivity contribution in [1.29, 1.82) is 0 Å². The molecule has 0 spiro atoms. The van der Waals surface area contributed by atoms with E-state index in [1.165, 1.54) is 4.70 Å². The van der Waals surface area contributed by atoms with E-state index in [9.17, 15) is 5.11 Å². The molecule has 96 valence electrons. The first-order valence-corrected chi connectivity index (χ1v) is 7.74. The predicted molar refractivity (Wildman–Crippen MR) is 84.8 cm³/mol. The van der Waals surface area contributed by atoms with Crippen LogP contribution in [0, 0.1) is 6.92 Å². The van der Waals surface area contributed by atoms with Gasteiger partial charge in [-0.2, -0.15) is 0 Å². The Morgan fingerprint density at radius 1 is 1.11 bits per heavy atom. The largest absolute Gasteiger partial charge is 0.384 e. The lowest BCUT2D eigenvalue weighted by Crippen LogP contribution is -2.01. The molecule has 0 amide bonds. The molecule has 3 heteroatoms. The van der Waals surface area contributed by atoms with Gasteiger partial charge in [0, 0.05) is 14.7 Å². The van der Waals surface area contributed by atoms with Crippen molar-refractivity contribution in [2.24, 2.45) is 0 Å². The molecular weight excluding hydrogens is 320 g/mol. The van der Waals surface area contributed by atoms with Gasteiger partial charge < -0.3 is 5.11 Å². The Morgan fingerprint density at radius 2 is 1.89 bits per heavy atom. The maximum atomic E-state index is 10.7. The number of thiophene rings is 1. The van der Waals surface area contributed by atoms with E-state index < -0.39 is 6.10 Å². The summed E-state index contributed by atoms with van der Waals surface area (Å²) < 4.78 is 2.20. The molecule has 19 heavy (non-hydrogen) atoms. The van der Waals surface area contributed by atoms with Gasteiger partial charge >= 0.3 is 0 Å². The van der Waals surface area contributed by atoms with E-state index in [1.807, 2.05) is 37.3 Å². The number of aryl methyl sites for hydroxylation is 1. The van der Waals surface area contributed by atoms with Gasteiger partial charge in [0.05, 0.1) is 0 Å². The summed E-state index contributed by atoms with van der Waals surface area (Å²) in [6.07, 6.45) is -0.575. The summed E-state index contributed by atoms with van der Waals surface area (Å²) in [6.45, 7) is 2.03. The highest BCUT2D eigenvalue weighted by molar-refractivity contribution is 9.10. The molecule has 0 radical (unpaired) electrons. The highest BCUT2D eigenvalue weighted by Gasteiger charge is 2.17. The van der Waals surface area contributed by atoms with E-state index >= 15 is 0 Å². The monoisotopic (exact) mass is 332 g/mol. The third kappa shape index (κ3) is 2.34. The first-order chi connectivity index (χ1) is 9.16. The fourth-order valence-corrected chi connectivity index (χ4v) is 3.64. The molecule has 0 saturated carbocycles. The summed E-state index contributed by atoms with van der Waals surface area (Å²) in [7, 11) is 0. The van der Waals surface area contributed by atoms with Crippen molar-refractivity contribution in [3.8, 4) is 0 Å². The van der Waals surface area contributed by atoms with Crippen LogP contribution in [0.15, 0.2) is 52.3 Å². The molecule has 3 aromatic rings. The molecule has 3 rings (SSSR count). The number of benzene rings is 2. The van der Waals surface area contributed by atoms with Crippen molar-refractivity contribution in [2.75, 3.05) is 0 Å². The second kappa shape index (κ2) is 5.08. The molecule has 1 atom stereocenters. The van der Waals surface area contributed by atoms with Crippen LogP contribution >= 0.6 is 27.3 Å². The molecule has 1 heterocycles. The molecule has 0 fully saturated rings. The number of halogens is 1. The first kappa shape index (κ1) is 12.9. The Morgan fingerprint density at radius 3 is 2.74 bits per heavy atom. The average molecular weight is 333 g/mol. The van der Waals surface area contributed by atoms with Gasteiger partial charge in [0.15, 0.2) is 0 Å². The fourth-order valence-electron chi connectivity index (χ4n) is 2.28. The number of rotatable bonds is 2. The van der Waals surface area contributed by atoms with Gasteiger partial charge in [-0.05, 0) is 47.0 Å². The maximum absolute atomic E-state index is 10.7. The molecular formula is C16H13BrOS. The summed E-state index contributed by atoms with van der Waals surface area (Å²) in [5.41, 5.74) is 3.05. The van der Waals surface area contributed by atoms with Crippen LogP contribution in [0.4, 0.5) is 0 Å². The number of aliphatic hydroxyl groups is 1. The first-order valence-electron chi connectivity index (χ1n) is 6.07. The van der Waals surface area contributed by atoms with Crippen LogP contribution in [0.2, 0.25) is 0 Å². The summed E-state index contributed by atoms with van der Waals surface area (Å²) in [6, 6.07) is 14.2. The van der Waals surface area contributed by atoms with E-state index in [-0.39, 0.29) is 0 Å². The number of fused-ring (bicyclic) bond motifs is 1. The minimum atomic E-state index is -0.575. The highest BCUT2D eigenvalue weighted by atomic mass is 79.9. The standard InChI is InChI=1S/C16H13BrOS/c1-10-6-7-11(17)8-13(10)16(18)14-9-19-15-5-3-2-4-12(14)15/h2-9,16,18H,1H3. The molecule has 0 aliphatic carbocycles. The van der Waals surface area contributed by atoms with Crippen molar-refractivity contribution in [2.45, 2.75) is 13.0 Å². The van der Waals surface area contributed by atoms with E-state index in [4.69, 9.17) is 0 Å². The quantitative estimate of drug-likeness (QED) is 0.695. The fraction of sp³-hybridized carbons (Fsp3) is 0.125. The van der Waals surface area contributed by atoms with Crippen LogP contribution in [0.1, 0.15) is 22.8 Å². The Balaban J connectivity index is 2.13. The average Bonchev–Trinajstić information content (AvgIpc) is 2.84. The SMILES string of the molecule is Cc1ccc(Br)cc1C(O)c1csc2ccccc12. The molecule has 2 aromatic carbocycles. The molecule has 1 aromatic heterocycles. The lowest BCUT2D eigenvalue weighted by atomic mass is 9.97. The molecule has 1 N–H and O–H groups in total. The highest BCUT2D eigenvalue weighted by Crippen LogP contribution is 2.35. The van der Waals surface area contributed by atoms with Crippen LogP contribution in [0.25, 0.3) is 10.1 Å². The van der Waals surface area contributed by atoms with E-state index in [0.717, 1.165) is 26.5 Å². The van der Waals surface area contributed by atoms with Gasteiger partial charge in [-0.1, -0.05) is 40.2 Å². The number of aliphatic hydroxyl groups excluding tert-OH is 1. The van der Waals surface area contributed by atoms with Crippen molar-refractivity contribution >= 4 is 37.4 Å². The molecule has 0 aliphatic heterocycles. The van der Waals surface area contributed by atoms with E-state index in [0.29, 0.717) is 0 Å². The Bertz CT molecular complexity index is 732. The summed E-state index contributed by atoms with van der Waals surface area (Å²) >= 11 is 5.14. The van der Waals surface area contributed by atoms with Gasteiger partial charge in [0.25, 0.3) is 0 Å². The van der Waals surface area contributed by atoms with E-state index in [1.54, 1.807) is 11.3 Å². The second-order valence-corrected chi connectivity index (χ2v) is 6.42. The second-order valence-electron chi connectivity index (χ2n) is 4.59. The van der Waals surface area contributed by atoms with Crippen LogP contribution in [0.3, 0.4) is 0 Å². The predicted octanol–water partition coefficient (Wildman–Crippen LogP) is 5.05. The zero-order valence-electron chi connectivity index (χ0n) is 10.4. The zero-order valence-corrected chi connectivity index (χ0v) is 12.8. The molecule has 0 aliphatic rings. The third-order valence-corrected chi connectivity index (χ3v) is 4.82. The minimum Gasteiger partial charge on any atom is -0.384 e. The van der Waals surface area contributed by atoms with Gasteiger partial charge in [-0.3, -0.25) is 0 Å². The van der Waals surface area contributed by atoms with Gasteiger partial charge in [-0.25, -0.2) is 0 Å². The molecule has 1 unspecified atom stereocenters. The van der Waals surface area contributed by atoms with Crippen LogP contribution in [-0.4, -0.2) is 5.11 Å². The minimum absolute atomic E-state index is 0.575. The Labute approximate surface area is 124 Å². The lowest BCUT2D eigenvalue weighted by molar-refractivity contribution is 0.221. The van der Waals surface area contributed by atoms with Crippen molar-refractivity contribution in [1.82, 2.24) is 0 Å². The topological polar surface area (TPSA) is 20.2 Å². The van der Waals surface area contributed by atoms with Crippen molar-refractivity contribution in [3.63, 3.8) is 0 Å². The van der Waals surface area contributed by atoms with Gasteiger partial charge in [0.1, 0.15) is 6.10 Å². The number of hydrogen-bond donors (Lipinski definition) is 1. The summed E-state index contributed by atoms with van der Waals surface area (Å²) in [5, 5.41) is 13.9. The zero-order chi connectivity index (χ0) is 13.4. The summed E-state index contributed by atoms with van der Waals surface area (Å²) in [5.74, 6) is 0. The number of hydrogen-bond acceptors (Lipinski definition) is 2.